The molecule has 0 saturated heterocycles. The van der Waals surface area contributed by atoms with Gasteiger partial charge < -0.3 is 0 Å². The van der Waals surface area contributed by atoms with Crippen LogP contribution in [0.5, 0.6) is 0 Å². The van der Waals surface area contributed by atoms with E-state index in [0.717, 1.165) is 0 Å². The van der Waals surface area contributed by atoms with E-state index in [1.165, 1.54) is 12.2 Å². The van der Waals surface area contributed by atoms with E-state index in [9.17, 15) is 0 Å². The topological polar surface area (TPSA) is 0 Å². The monoisotopic (exact) mass is 424 g/mol. The van der Waals surface area contributed by atoms with Gasteiger partial charge in [-0.05, 0) is 13.8 Å². The minimum Gasteiger partial charge on any atom is -0.103 e. The number of allylic oxidation sites excluding steroid dienone is 10. The summed E-state index contributed by atoms with van der Waals surface area (Å²) in [6.45, 7) is 13.0. The number of rotatable bonds is 0. The molecule has 0 N–H and O–H groups in total. The number of hydrogen-bond donors (Lipinski definition) is 0. The molecule has 0 aromatic rings. The molecule has 0 heterocycles. The largest absolute Gasteiger partial charge is 0.103 e. The Morgan fingerprint density at radius 1 is 0.500 bits per heavy atom. The summed E-state index contributed by atoms with van der Waals surface area (Å²) in [5.74, 6) is 0. The van der Waals surface area contributed by atoms with E-state index in [0.29, 0.717) is 0 Å². The predicted molar refractivity (Wildman–Crippen MR) is 76.3 cm³/mol. The van der Waals surface area contributed by atoms with Crippen LogP contribution in [0.25, 0.3) is 0 Å². The summed E-state index contributed by atoms with van der Waals surface area (Å²) in [5, 5.41) is 0. The van der Waals surface area contributed by atoms with Gasteiger partial charge in [-0.1, -0.05) is 60.8 Å². The molecule has 0 aromatic carbocycles. The summed E-state index contributed by atoms with van der Waals surface area (Å²) in [6, 6.07) is 0. The van der Waals surface area contributed by atoms with Crippen molar-refractivity contribution in [3.8, 4) is 0 Å². The van der Waals surface area contributed by atoms with Crippen molar-refractivity contribution in [1.82, 2.24) is 0 Å². The molecule has 2 aliphatic carbocycles. The first-order chi connectivity index (χ1) is 7.83. The maximum atomic E-state index is 3.25. The quantitative estimate of drug-likeness (QED) is 0.497. The van der Waals surface area contributed by atoms with Crippen LogP contribution in [0.4, 0.5) is 0 Å². The second kappa shape index (κ2) is 30.1. The molecule has 2 aliphatic rings. The van der Waals surface area contributed by atoms with Crippen LogP contribution in [0.1, 0.15) is 0 Å². The molecule has 0 amide bonds. The summed E-state index contributed by atoms with van der Waals surface area (Å²) >= 11 is 0. The summed E-state index contributed by atoms with van der Waals surface area (Å²) in [4.78, 5) is 0. The van der Waals surface area contributed by atoms with E-state index >= 15 is 0 Å². The normalized spacial score (nSPS) is 11.2. The van der Waals surface area contributed by atoms with Crippen molar-refractivity contribution in [2.45, 2.75) is 0 Å². The van der Waals surface area contributed by atoms with Crippen molar-refractivity contribution >= 4 is 0 Å². The van der Waals surface area contributed by atoms with E-state index in [2.05, 4.69) is 27.0 Å². The standard InChI is InChI=1S/2C5H5.2C3H5.2Pd/c2*1-2-4-5-3-1;2*1-3-2;;/h2*1-5H;2*3H,1-2H2;;. The molecule has 0 bridgehead atoms. The van der Waals surface area contributed by atoms with Crippen LogP contribution in [0.3, 0.4) is 0 Å². The maximum absolute atomic E-state index is 3.25. The Labute approximate surface area is 141 Å². The van der Waals surface area contributed by atoms with Gasteiger partial charge in [0.1, 0.15) is 0 Å². The molecule has 0 nitrogen and oxygen atoms in total. The Balaban J connectivity index is -0.0000000725. The fourth-order valence-corrected chi connectivity index (χ4v) is 0.642. The molecule has 104 valence electrons. The average molecular weight is 425 g/mol. The Bertz CT molecular complexity index is 210. The van der Waals surface area contributed by atoms with Crippen LogP contribution in [0, 0.1) is 26.7 Å². The van der Waals surface area contributed by atoms with Crippen molar-refractivity contribution in [3.05, 3.63) is 101 Å². The Hall–Kier alpha value is -0.235. The molecule has 2 rings (SSSR count). The van der Waals surface area contributed by atoms with E-state index in [1.807, 2.05) is 61.4 Å². The molecule has 0 atom stereocenters. The smallest absolute Gasteiger partial charge is 0.00506 e. The minimum atomic E-state index is 0. The van der Waals surface area contributed by atoms with Crippen molar-refractivity contribution in [2.24, 2.45) is 0 Å². The SMILES string of the molecule is [CH2]C=C.[CH2]C=C.[CH]1C=CC=C1.[CH]1C=CC=C1.[Pd].[Pd]. The van der Waals surface area contributed by atoms with Crippen molar-refractivity contribution in [3.63, 3.8) is 0 Å². The first-order valence-electron chi connectivity index (χ1n) is 4.97. The van der Waals surface area contributed by atoms with Crippen LogP contribution in [-0.2, 0) is 40.8 Å². The second-order valence-electron chi connectivity index (χ2n) is 2.50. The maximum Gasteiger partial charge on any atom is 0.00506 e. The summed E-state index contributed by atoms with van der Waals surface area (Å²) < 4.78 is 0. The van der Waals surface area contributed by atoms with Crippen molar-refractivity contribution < 1.29 is 40.8 Å². The number of hydrogen-bond acceptors (Lipinski definition) is 0. The van der Waals surface area contributed by atoms with Gasteiger partial charge in [0, 0.05) is 53.7 Å². The van der Waals surface area contributed by atoms with Gasteiger partial charge in [-0.3, -0.25) is 0 Å². The van der Waals surface area contributed by atoms with Gasteiger partial charge in [-0.25, -0.2) is 0 Å². The summed E-state index contributed by atoms with van der Waals surface area (Å²) in [7, 11) is 0. The minimum absolute atomic E-state index is 0. The third-order valence-corrected chi connectivity index (χ3v) is 1.11. The second-order valence-corrected chi connectivity index (χ2v) is 2.50. The Kier molecular flexibility index (Phi) is 44.1. The Morgan fingerprint density at radius 2 is 0.667 bits per heavy atom. The molecule has 0 saturated carbocycles. The van der Waals surface area contributed by atoms with Crippen LogP contribution < -0.4 is 0 Å². The predicted octanol–water partition coefficient (Wildman–Crippen LogP) is 4.64. The average Bonchev–Trinajstić information content (AvgIpc) is 3.00. The molecule has 0 spiro atoms. The summed E-state index contributed by atoms with van der Waals surface area (Å²) in [5.41, 5.74) is 0. The van der Waals surface area contributed by atoms with Crippen LogP contribution >= 0.6 is 0 Å². The zero-order chi connectivity index (χ0) is 12.5. The first kappa shape index (κ1) is 26.4. The van der Waals surface area contributed by atoms with E-state index < -0.39 is 0 Å². The molecule has 0 aromatic heterocycles. The fraction of sp³-hybridized carbons (Fsp3) is 0. The van der Waals surface area contributed by atoms with Gasteiger partial charge in [0.05, 0.1) is 0 Å². The van der Waals surface area contributed by atoms with Gasteiger partial charge >= 0.3 is 0 Å². The van der Waals surface area contributed by atoms with Crippen LogP contribution in [-0.4, -0.2) is 0 Å². The molecule has 18 heavy (non-hydrogen) atoms. The van der Waals surface area contributed by atoms with Gasteiger partial charge in [-0.2, -0.15) is 0 Å². The van der Waals surface area contributed by atoms with Gasteiger partial charge in [0.25, 0.3) is 0 Å². The Morgan fingerprint density at radius 3 is 0.722 bits per heavy atom. The third-order valence-electron chi connectivity index (χ3n) is 1.11. The molecule has 0 fully saturated rings. The molecule has 4 radical (unpaired) electrons. The molecule has 2 heteroatoms. The van der Waals surface area contributed by atoms with Crippen LogP contribution in [0.2, 0.25) is 0 Å². The molecule has 0 aliphatic heterocycles. The first-order valence-corrected chi connectivity index (χ1v) is 4.97. The van der Waals surface area contributed by atoms with Crippen molar-refractivity contribution in [1.29, 1.82) is 0 Å². The van der Waals surface area contributed by atoms with Gasteiger partial charge in [0.2, 0.25) is 0 Å². The molecule has 0 unspecified atom stereocenters. The van der Waals surface area contributed by atoms with Gasteiger partial charge in [0.15, 0.2) is 0 Å². The summed E-state index contributed by atoms with van der Waals surface area (Å²) in [6.07, 6.45) is 23.0. The molecular formula is C16H20Pd2. The van der Waals surface area contributed by atoms with Crippen LogP contribution in [0.15, 0.2) is 73.9 Å². The van der Waals surface area contributed by atoms with Gasteiger partial charge in [-0.15, -0.1) is 13.2 Å². The van der Waals surface area contributed by atoms with E-state index in [4.69, 9.17) is 0 Å². The fourth-order valence-electron chi connectivity index (χ4n) is 0.642. The zero-order valence-electron chi connectivity index (χ0n) is 10.4. The zero-order valence-corrected chi connectivity index (χ0v) is 13.5. The molecular weight excluding hydrogens is 405 g/mol. The van der Waals surface area contributed by atoms with Crippen molar-refractivity contribution in [2.75, 3.05) is 0 Å². The van der Waals surface area contributed by atoms with E-state index in [-0.39, 0.29) is 40.8 Å². The van der Waals surface area contributed by atoms with E-state index in [1.54, 1.807) is 0 Å². The third kappa shape index (κ3) is 36.0.